The molecule has 2 N–H and O–H groups in total. The molecule has 12 heavy (non-hydrogen) atoms. The van der Waals surface area contributed by atoms with Crippen LogP contribution in [0, 0.1) is 11.8 Å². The van der Waals surface area contributed by atoms with Crippen LogP contribution in [0.1, 0.15) is 6.42 Å². The van der Waals surface area contributed by atoms with E-state index < -0.39 is 5.91 Å². The van der Waals surface area contributed by atoms with Gasteiger partial charge in [-0.1, -0.05) is 0 Å². The second kappa shape index (κ2) is 3.10. The highest BCUT2D eigenvalue weighted by molar-refractivity contribution is 5.91. The SMILES string of the molecule is CN(C)C(=O)[C@@H]1C[C@@H]1C(=O)NO. The van der Waals surface area contributed by atoms with Gasteiger partial charge in [-0.2, -0.15) is 0 Å². The van der Waals surface area contributed by atoms with Gasteiger partial charge in [-0.25, -0.2) is 5.48 Å². The molecule has 0 spiro atoms. The normalized spacial score (nSPS) is 26.2. The zero-order valence-electron chi connectivity index (χ0n) is 7.07. The van der Waals surface area contributed by atoms with Crippen LogP contribution in [0.25, 0.3) is 0 Å². The number of hydroxylamine groups is 1. The van der Waals surface area contributed by atoms with Gasteiger partial charge in [0.05, 0.1) is 11.8 Å². The van der Waals surface area contributed by atoms with Gasteiger partial charge in [-0.3, -0.25) is 14.8 Å². The minimum atomic E-state index is -0.463. The summed E-state index contributed by atoms with van der Waals surface area (Å²) in [4.78, 5) is 23.4. The Morgan fingerprint density at radius 1 is 1.42 bits per heavy atom. The topological polar surface area (TPSA) is 69.6 Å². The van der Waals surface area contributed by atoms with Gasteiger partial charge in [0, 0.05) is 14.1 Å². The summed E-state index contributed by atoms with van der Waals surface area (Å²) < 4.78 is 0. The number of hydrogen-bond acceptors (Lipinski definition) is 3. The molecule has 0 aromatic heterocycles. The summed E-state index contributed by atoms with van der Waals surface area (Å²) >= 11 is 0. The summed E-state index contributed by atoms with van der Waals surface area (Å²) in [5.74, 6) is -1.07. The summed E-state index contributed by atoms with van der Waals surface area (Å²) in [6.45, 7) is 0. The molecule has 0 radical (unpaired) electrons. The molecule has 5 nitrogen and oxygen atoms in total. The molecule has 0 heterocycles. The van der Waals surface area contributed by atoms with E-state index >= 15 is 0 Å². The number of amides is 2. The summed E-state index contributed by atoms with van der Waals surface area (Å²) in [7, 11) is 3.29. The molecule has 0 aliphatic heterocycles. The van der Waals surface area contributed by atoms with Crippen molar-refractivity contribution >= 4 is 11.8 Å². The highest BCUT2D eigenvalue weighted by Crippen LogP contribution is 2.39. The second-order valence-corrected chi connectivity index (χ2v) is 3.16. The molecule has 1 saturated carbocycles. The molecule has 0 unspecified atom stereocenters. The Hall–Kier alpha value is -1.10. The van der Waals surface area contributed by atoms with E-state index in [9.17, 15) is 9.59 Å². The molecule has 1 rings (SSSR count). The molecular formula is C7H12N2O3. The number of carbonyl (C=O) groups excluding carboxylic acids is 2. The van der Waals surface area contributed by atoms with E-state index in [0.29, 0.717) is 6.42 Å². The minimum absolute atomic E-state index is 0.0522. The summed E-state index contributed by atoms with van der Waals surface area (Å²) in [5.41, 5.74) is 1.54. The van der Waals surface area contributed by atoms with Crippen molar-refractivity contribution in [2.75, 3.05) is 14.1 Å². The van der Waals surface area contributed by atoms with Crippen molar-refractivity contribution < 1.29 is 14.8 Å². The first-order valence-electron chi connectivity index (χ1n) is 3.73. The van der Waals surface area contributed by atoms with E-state index in [2.05, 4.69) is 0 Å². The Balaban J connectivity index is 2.42. The molecule has 5 heteroatoms. The quantitative estimate of drug-likeness (QED) is 0.424. The second-order valence-electron chi connectivity index (χ2n) is 3.16. The van der Waals surface area contributed by atoms with E-state index in [1.54, 1.807) is 19.6 Å². The Labute approximate surface area is 70.3 Å². The summed E-state index contributed by atoms with van der Waals surface area (Å²) in [5, 5.41) is 8.26. The number of rotatable bonds is 2. The third-order valence-corrected chi connectivity index (χ3v) is 2.00. The predicted molar refractivity (Wildman–Crippen MR) is 40.2 cm³/mol. The van der Waals surface area contributed by atoms with Crippen LogP contribution >= 0.6 is 0 Å². The Kier molecular flexibility index (Phi) is 2.32. The van der Waals surface area contributed by atoms with Gasteiger partial charge in [0.2, 0.25) is 11.8 Å². The first-order chi connectivity index (χ1) is 5.57. The number of nitrogens with zero attached hydrogens (tertiary/aromatic N) is 1. The Morgan fingerprint density at radius 2 is 2.00 bits per heavy atom. The van der Waals surface area contributed by atoms with Crippen LogP contribution in [0.5, 0.6) is 0 Å². The smallest absolute Gasteiger partial charge is 0.247 e. The lowest BCUT2D eigenvalue weighted by Crippen LogP contribution is -2.27. The zero-order valence-corrected chi connectivity index (χ0v) is 7.07. The third-order valence-electron chi connectivity index (χ3n) is 2.00. The largest absolute Gasteiger partial charge is 0.349 e. The Bertz CT molecular complexity index is 215. The zero-order chi connectivity index (χ0) is 9.30. The fraction of sp³-hybridized carbons (Fsp3) is 0.714. The van der Waals surface area contributed by atoms with Crippen molar-refractivity contribution in [3.63, 3.8) is 0 Å². The maximum Gasteiger partial charge on any atom is 0.247 e. The lowest BCUT2D eigenvalue weighted by molar-refractivity contribution is -0.135. The van der Waals surface area contributed by atoms with Crippen molar-refractivity contribution in [3.05, 3.63) is 0 Å². The fourth-order valence-electron chi connectivity index (χ4n) is 1.17. The van der Waals surface area contributed by atoms with Gasteiger partial charge in [0.1, 0.15) is 0 Å². The van der Waals surface area contributed by atoms with Crippen LogP contribution in [-0.2, 0) is 9.59 Å². The van der Waals surface area contributed by atoms with Gasteiger partial charge < -0.3 is 4.90 Å². The first kappa shape index (κ1) is 8.99. The van der Waals surface area contributed by atoms with E-state index in [-0.39, 0.29) is 17.7 Å². The van der Waals surface area contributed by atoms with Crippen LogP contribution in [0.4, 0.5) is 0 Å². The van der Waals surface area contributed by atoms with Crippen LogP contribution in [0.15, 0.2) is 0 Å². The van der Waals surface area contributed by atoms with Crippen molar-refractivity contribution in [1.29, 1.82) is 0 Å². The number of nitrogens with one attached hydrogen (secondary N) is 1. The van der Waals surface area contributed by atoms with Gasteiger partial charge in [0.15, 0.2) is 0 Å². The number of carbonyl (C=O) groups is 2. The van der Waals surface area contributed by atoms with Crippen LogP contribution < -0.4 is 5.48 Å². The molecule has 1 fully saturated rings. The lowest BCUT2D eigenvalue weighted by atomic mass is 10.3. The molecule has 68 valence electrons. The maximum absolute atomic E-state index is 11.2. The van der Waals surface area contributed by atoms with E-state index in [1.165, 1.54) is 4.90 Å². The molecule has 1 aliphatic rings. The predicted octanol–water partition coefficient (Wildman–Crippen LogP) is -0.784. The number of hydrogen-bond donors (Lipinski definition) is 2. The van der Waals surface area contributed by atoms with E-state index in [4.69, 9.17) is 5.21 Å². The minimum Gasteiger partial charge on any atom is -0.349 e. The van der Waals surface area contributed by atoms with Crippen molar-refractivity contribution in [2.24, 2.45) is 11.8 Å². The third kappa shape index (κ3) is 1.55. The van der Waals surface area contributed by atoms with Crippen molar-refractivity contribution in [1.82, 2.24) is 10.4 Å². The molecule has 0 bridgehead atoms. The lowest BCUT2D eigenvalue weighted by Gasteiger charge is -2.08. The van der Waals surface area contributed by atoms with Gasteiger partial charge in [-0.05, 0) is 6.42 Å². The maximum atomic E-state index is 11.2. The highest BCUT2D eigenvalue weighted by Gasteiger charge is 2.48. The molecule has 0 aromatic carbocycles. The average molecular weight is 172 g/mol. The first-order valence-corrected chi connectivity index (χ1v) is 3.73. The van der Waals surface area contributed by atoms with Crippen molar-refractivity contribution in [3.8, 4) is 0 Å². The molecule has 2 amide bonds. The molecule has 2 atom stereocenters. The van der Waals surface area contributed by atoms with Crippen LogP contribution in [-0.4, -0.2) is 36.0 Å². The van der Waals surface area contributed by atoms with Crippen LogP contribution in [0.2, 0.25) is 0 Å². The fourth-order valence-corrected chi connectivity index (χ4v) is 1.17. The standard InChI is InChI=1S/C7H12N2O3/c1-9(2)7(11)5-3-4(5)6(10)8-12/h4-5,12H,3H2,1-2H3,(H,8,10)/t4-,5+/m0/s1. The van der Waals surface area contributed by atoms with Gasteiger partial charge >= 0.3 is 0 Å². The van der Waals surface area contributed by atoms with Crippen LogP contribution in [0.3, 0.4) is 0 Å². The molecule has 0 aromatic rings. The summed E-state index contributed by atoms with van der Waals surface area (Å²) in [6, 6.07) is 0. The van der Waals surface area contributed by atoms with Gasteiger partial charge in [-0.15, -0.1) is 0 Å². The summed E-state index contributed by atoms with van der Waals surface area (Å²) in [6.07, 6.45) is 0.545. The van der Waals surface area contributed by atoms with Crippen molar-refractivity contribution in [2.45, 2.75) is 6.42 Å². The highest BCUT2D eigenvalue weighted by atomic mass is 16.5. The molecular weight excluding hydrogens is 160 g/mol. The average Bonchev–Trinajstić information content (AvgIpc) is 2.80. The molecule has 1 aliphatic carbocycles. The van der Waals surface area contributed by atoms with E-state index in [0.717, 1.165) is 0 Å². The van der Waals surface area contributed by atoms with E-state index in [1.807, 2.05) is 0 Å². The Morgan fingerprint density at radius 3 is 2.42 bits per heavy atom. The monoisotopic (exact) mass is 172 g/mol. The van der Waals surface area contributed by atoms with Gasteiger partial charge in [0.25, 0.3) is 0 Å². The molecule has 0 saturated heterocycles.